The normalized spacial score (nSPS) is 11.2. The summed E-state index contributed by atoms with van der Waals surface area (Å²) in [4.78, 5) is 21.5. The van der Waals surface area contributed by atoms with Crippen LogP contribution in [0.1, 0.15) is 15.4 Å². The molecule has 0 fully saturated rings. The molecule has 7 nitrogen and oxygen atoms in total. The fourth-order valence-corrected chi connectivity index (χ4v) is 4.82. The minimum Gasteiger partial charge on any atom is -0.321 e. The van der Waals surface area contributed by atoms with Crippen molar-refractivity contribution in [3.8, 4) is 10.6 Å². The molecule has 1 amide bonds. The maximum absolute atomic E-state index is 13.1. The summed E-state index contributed by atoms with van der Waals surface area (Å²) in [6.07, 6.45) is 1.49. The number of hydrogen-bond donors (Lipinski definition) is 2. The van der Waals surface area contributed by atoms with Gasteiger partial charge in [0.2, 0.25) is 0 Å². The molecule has 2 aromatic carbocycles. The molecule has 0 spiro atoms. The van der Waals surface area contributed by atoms with Crippen LogP contribution < -0.4 is 10.0 Å². The zero-order valence-corrected chi connectivity index (χ0v) is 18.4. The lowest BCUT2D eigenvalue weighted by molar-refractivity contribution is 0.103. The molecule has 0 saturated carbocycles. The Morgan fingerprint density at radius 3 is 2.38 bits per heavy atom. The fraction of sp³-hybridized carbons (Fsp3) is 0.0455. The molecule has 10 heteroatoms. The van der Waals surface area contributed by atoms with Crippen LogP contribution >= 0.6 is 11.3 Å². The van der Waals surface area contributed by atoms with Gasteiger partial charge in [-0.15, -0.1) is 11.3 Å². The number of amides is 1. The molecule has 4 aromatic rings. The smallest absolute Gasteiger partial charge is 0.267 e. The number of sulfonamides is 1. The second-order valence-corrected chi connectivity index (χ2v) is 9.42. The van der Waals surface area contributed by atoms with Gasteiger partial charge >= 0.3 is 0 Å². The highest BCUT2D eigenvalue weighted by Gasteiger charge is 2.18. The molecule has 0 aliphatic heterocycles. The van der Waals surface area contributed by atoms with E-state index in [4.69, 9.17) is 0 Å². The Bertz CT molecular complexity index is 1350. The number of nitrogens with zero attached hydrogens (tertiary/aromatic N) is 2. The molecular weight excluding hydrogens is 451 g/mol. The lowest BCUT2D eigenvalue weighted by Crippen LogP contribution is -2.14. The molecule has 2 N–H and O–H groups in total. The quantitative estimate of drug-likeness (QED) is 0.427. The number of rotatable bonds is 6. The van der Waals surface area contributed by atoms with Gasteiger partial charge in [0, 0.05) is 17.4 Å². The third kappa shape index (κ3) is 4.82. The first-order valence-corrected chi connectivity index (χ1v) is 11.7. The summed E-state index contributed by atoms with van der Waals surface area (Å²) in [7, 11) is -3.81. The van der Waals surface area contributed by atoms with Gasteiger partial charge in [-0.05, 0) is 67.6 Å². The molecule has 0 radical (unpaired) electrons. The van der Waals surface area contributed by atoms with E-state index < -0.39 is 10.0 Å². The van der Waals surface area contributed by atoms with Crippen molar-refractivity contribution in [2.24, 2.45) is 0 Å². The summed E-state index contributed by atoms with van der Waals surface area (Å²) in [5.41, 5.74) is 1.70. The monoisotopic (exact) mass is 468 g/mol. The van der Waals surface area contributed by atoms with Gasteiger partial charge in [0.25, 0.3) is 15.9 Å². The van der Waals surface area contributed by atoms with Crippen molar-refractivity contribution in [3.63, 3.8) is 0 Å². The van der Waals surface area contributed by atoms with E-state index in [9.17, 15) is 17.6 Å². The first-order valence-electron chi connectivity index (χ1n) is 9.40. The van der Waals surface area contributed by atoms with Crippen LogP contribution in [0.3, 0.4) is 0 Å². The Morgan fingerprint density at radius 2 is 1.72 bits per heavy atom. The Morgan fingerprint density at radius 1 is 1.00 bits per heavy atom. The standard InChI is InChI=1S/C22H17FN4O3S2/c1-14-20(31-22(25-14)15-5-7-16(23)8-6-15)21(28)26-17-9-11-18(12-10-17)32(29,30)27-19-4-2-3-13-24-19/h2-13H,1H3,(H,24,27)(H,26,28). The van der Waals surface area contributed by atoms with Gasteiger partial charge in [-0.1, -0.05) is 6.07 Å². The summed E-state index contributed by atoms with van der Waals surface area (Å²) in [6.45, 7) is 1.72. The van der Waals surface area contributed by atoms with Crippen LogP contribution in [0, 0.1) is 12.7 Å². The number of hydrogen-bond acceptors (Lipinski definition) is 6. The SMILES string of the molecule is Cc1nc(-c2ccc(F)cc2)sc1C(=O)Nc1ccc(S(=O)(=O)Nc2ccccn2)cc1. The van der Waals surface area contributed by atoms with E-state index in [1.165, 1.54) is 53.9 Å². The van der Waals surface area contributed by atoms with Crippen LogP contribution in [-0.2, 0) is 10.0 Å². The average Bonchev–Trinajstić information content (AvgIpc) is 3.17. The van der Waals surface area contributed by atoms with Gasteiger partial charge in [0.1, 0.15) is 21.5 Å². The Balaban J connectivity index is 1.48. The predicted molar refractivity (Wildman–Crippen MR) is 122 cm³/mol. The number of nitrogens with one attached hydrogen (secondary N) is 2. The zero-order chi connectivity index (χ0) is 22.7. The van der Waals surface area contributed by atoms with E-state index in [1.807, 2.05) is 0 Å². The van der Waals surface area contributed by atoms with Crippen LogP contribution in [0.2, 0.25) is 0 Å². The van der Waals surface area contributed by atoms with Crippen molar-refractivity contribution in [1.29, 1.82) is 0 Å². The van der Waals surface area contributed by atoms with Crippen LogP contribution in [0.15, 0.2) is 77.8 Å². The fourth-order valence-electron chi connectivity index (χ4n) is 2.85. The zero-order valence-electron chi connectivity index (χ0n) is 16.7. The number of carbonyl (C=O) groups excluding carboxylic acids is 1. The van der Waals surface area contributed by atoms with E-state index >= 15 is 0 Å². The third-order valence-electron chi connectivity index (χ3n) is 4.42. The predicted octanol–water partition coefficient (Wildman–Crippen LogP) is 4.71. The number of carbonyl (C=O) groups is 1. The molecule has 0 unspecified atom stereocenters. The van der Waals surface area contributed by atoms with E-state index in [0.29, 0.717) is 26.8 Å². The Labute approximate surface area is 188 Å². The molecule has 4 rings (SSSR count). The van der Waals surface area contributed by atoms with E-state index in [-0.39, 0.29) is 22.4 Å². The van der Waals surface area contributed by atoms with E-state index in [2.05, 4.69) is 20.0 Å². The van der Waals surface area contributed by atoms with Crippen LogP contribution in [0.5, 0.6) is 0 Å². The van der Waals surface area contributed by atoms with Crippen molar-refractivity contribution in [1.82, 2.24) is 9.97 Å². The molecule has 162 valence electrons. The Hall–Kier alpha value is -3.63. The number of pyridine rings is 1. The van der Waals surface area contributed by atoms with Crippen molar-refractivity contribution in [3.05, 3.63) is 89.3 Å². The van der Waals surface area contributed by atoms with E-state index in [1.54, 1.807) is 37.3 Å². The molecule has 0 saturated heterocycles. The number of anilines is 2. The first kappa shape index (κ1) is 21.6. The topological polar surface area (TPSA) is 101 Å². The average molecular weight is 469 g/mol. The number of aryl methyl sites for hydroxylation is 1. The molecule has 2 aromatic heterocycles. The minimum atomic E-state index is -3.81. The van der Waals surface area contributed by atoms with Gasteiger partial charge in [-0.3, -0.25) is 9.52 Å². The highest BCUT2D eigenvalue weighted by molar-refractivity contribution is 7.92. The lowest BCUT2D eigenvalue weighted by atomic mass is 10.2. The molecule has 0 aliphatic carbocycles. The molecule has 0 aliphatic rings. The largest absolute Gasteiger partial charge is 0.321 e. The van der Waals surface area contributed by atoms with Gasteiger partial charge in [0.05, 0.1) is 10.6 Å². The number of benzene rings is 2. The van der Waals surface area contributed by atoms with Crippen molar-refractivity contribution in [2.75, 3.05) is 10.0 Å². The molecule has 0 atom stereocenters. The van der Waals surface area contributed by atoms with Gasteiger partial charge in [-0.2, -0.15) is 0 Å². The second-order valence-electron chi connectivity index (χ2n) is 6.74. The highest BCUT2D eigenvalue weighted by Crippen LogP contribution is 2.29. The van der Waals surface area contributed by atoms with Crippen LogP contribution in [0.25, 0.3) is 10.6 Å². The van der Waals surface area contributed by atoms with Crippen molar-refractivity contribution in [2.45, 2.75) is 11.8 Å². The second kappa shape index (κ2) is 8.85. The van der Waals surface area contributed by atoms with Gasteiger partial charge in [0.15, 0.2) is 0 Å². The summed E-state index contributed by atoms with van der Waals surface area (Å²) >= 11 is 1.20. The molecule has 2 heterocycles. The molecule has 32 heavy (non-hydrogen) atoms. The molecule has 0 bridgehead atoms. The van der Waals surface area contributed by atoms with Gasteiger partial charge < -0.3 is 5.32 Å². The van der Waals surface area contributed by atoms with Gasteiger partial charge in [-0.25, -0.2) is 22.8 Å². The third-order valence-corrected chi connectivity index (χ3v) is 7.00. The van der Waals surface area contributed by atoms with E-state index in [0.717, 1.165) is 0 Å². The summed E-state index contributed by atoms with van der Waals surface area (Å²) < 4.78 is 40.5. The first-order chi connectivity index (χ1) is 15.3. The minimum absolute atomic E-state index is 0.0359. The number of halogens is 1. The maximum atomic E-state index is 13.1. The Kier molecular flexibility index (Phi) is 5.97. The van der Waals surface area contributed by atoms with Crippen molar-refractivity contribution < 1.29 is 17.6 Å². The lowest BCUT2D eigenvalue weighted by Gasteiger charge is -2.08. The number of aromatic nitrogens is 2. The summed E-state index contributed by atoms with van der Waals surface area (Å²) in [5.74, 6) is -0.501. The summed E-state index contributed by atoms with van der Waals surface area (Å²) in [5, 5.41) is 3.35. The van der Waals surface area contributed by atoms with Crippen LogP contribution in [-0.4, -0.2) is 24.3 Å². The number of thiazole rings is 1. The van der Waals surface area contributed by atoms with Crippen LogP contribution in [0.4, 0.5) is 15.9 Å². The maximum Gasteiger partial charge on any atom is 0.267 e. The summed E-state index contributed by atoms with van der Waals surface area (Å²) in [6, 6.07) is 16.6. The van der Waals surface area contributed by atoms with Crippen molar-refractivity contribution >= 4 is 38.8 Å². The molecular formula is C22H17FN4O3S2. The highest BCUT2D eigenvalue weighted by atomic mass is 32.2.